The van der Waals surface area contributed by atoms with Crippen LogP contribution in [0.3, 0.4) is 0 Å². The fourth-order valence-corrected chi connectivity index (χ4v) is 2.74. The number of fused-ring (bicyclic) bond motifs is 1. The number of aromatic nitrogens is 5. The summed E-state index contributed by atoms with van der Waals surface area (Å²) in [6, 6.07) is 1.39. The molecule has 0 aliphatic carbocycles. The average molecular weight is 304 g/mol. The first-order valence-corrected chi connectivity index (χ1v) is 7.41. The van der Waals surface area contributed by atoms with Crippen molar-refractivity contribution in [1.29, 1.82) is 0 Å². The van der Waals surface area contributed by atoms with Gasteiger partial charge in [-0.25, -0.2) is 4.68 Å². The average Bonchev–Trinajstić information content (AvgIpc) is 3.10. The number of ether oxygens (including phenoxy) is 1. The van der Waals surface area contributed by atoms with E-state index < -0.39 is 0 Å². The summed E-state index contributed by atoms with van der Waals surface area (Å²) in [4.78, 5) is 12.3. The summed E-state index contributed by atoms with van der Waals surface area (Å²) in [5.41, 5.74) is 0.324. The predicted molar refractivity (Wildman–Crippen MR) is 78.6 cm³/mol. The predicted octanol–water partition coefficient (Wildman–Crippen LogP) is 0.847. The molecule has 2 aromatic rings. The zero-order valence-corrected chi connectivity index (χ0v) is 13.0. The SMILES string of the molecule is COc1cc(C(=O)NC(C)c2nnc3n2CCCC3)nn1C. The molecule has 0 aromatic carbocycles. The quantitative estimate of drug-likeness (QED) is 0.905. The van der Waals surface area contributed by atoms with Crippen molar-refractivity contribution in [3.8, 4) is 5.88 Å². The van der Waals surface area contributed by atoms with E-state index in [2.05, 4.69) is 25.2 Å². The molecule has 8 nitrogen and oxygen atoms in total. The third-order valence-corrected chi connectivity index (χ3v) is 3.90. The normalized spacial score (nSPS) is 15.2. The Hall–Kier alpha value is -2.38. The second kappa shape index (κ2) is 5.78. The highest BCUT2D eigenvalue weighted by molar-refractivity contribution is 5.92. The van der Waals surface area contributed by atoms with E-state index in [1.807, 2.05) is 6.92 Å². The molecule has 1 aliphatic rings. The monoisotopic (exact) mass is 304 g/mol. The second-order valence-corrected chi connectivity index (χ2v) is 5.47. The molecule has 1 N–H and O–H groups in total. The van der Waals surface area contributed by atoms with Gasteiger partial charge in [-0.2, -0.15) is 5.10 Å². The smallest absolute Gasteiger partial charge is 0.272 e. The Morgan fingerprint density at radius 1 is 1.41 bits per heavy atom. The van der Waals surface area contributed by atoms with Crippen molar-refractivity contribution in [2.75, 3.05) is 7.11 Å². The van der Waals surface area contributed by atoms with Gasteiger partial charge in [0.1, 0.15) is 5.82 Å². The van der Waals surface area contributed by atoms with Crippen molar-refractivity contribution >= 4 is 5.91 Å². The third kappa shape index (κ3) is 2.56. The molecule has 1 unspecified atom stereocenters. The second-order valence-electron chi connectivity index (χ2n) is 5.47. The Balaban J connectivity index is 1.74. The number of carbonyl (C=O) groups is 1. The lowest BCUT2D eigenvalue weighted by molar-refractivity contribution is 0.0931. The Morgan fingerprint density at radius 3 is 2.95 bits per heavy atom. The largest absolute Gasteiger partial charge is 0.481 e. The molecule has 0 bridgehead atoms. The van der Waals surface area contributed by atoms with Crippen molar-refractivity contribution in [2.24, 2.45) is 7.05 Å². The molecule has 2 aromatic heterocycles. The molecule has 8 heteroatoms. The summed E-state index contributed by atoms with van der Waals surface area (Å²) in [7, 11) is 3.28. The zero-order valence-electron chi connectivity index (χ0n) is 13.0. The highest BCUT2D eigenvalue weighted by Crippen LogP contribution is 2.19. The number of hydrogen-bond acceptors (Lipinski definition) is 5. The van der Waals surface area contributed by atoms with Crippen LogP contribution in [0.4, 0.5) is 0 Å². The van der Waals surface area contributed by atoms with Crippen molar-refractivity contribution in [3.05, 3.63) is 23.4 Å². The van der Waals surface area contributed by atoms with Crippen LogP contribution in [0.15, 0.2) is 6.07 Å². The third-order valence-electron chi connectivity index (χ3n) is 3.90. The highest BCUT2D eigenvalue weighted by Gasteiger charge is 2.22. The Labute approximate surface area is 128 Å². The molecule has 3 rings (SSSR count). The summed E-state index contributed by atoms with van der Waals surface area (Å²) in [6.45, 7) is 2.82. The highest BCUT2D eigenvalue weighted by atomic mass is 16.5. The number of rotatable bonds is 4. The van der Waals surface area contributed by atoms with Crippen molar-refractivity contribution in [1.82, 2.24) is 29.9 Å². The van der Waals surface area contributed by atoms with E-state index in [4.69, 9.17) is 4.74 Å². The molecule has 1 amide bonds. The maximum atomic E-state index is 12.3. The summed E-state index contributed by atoms with van der Waals surface area (Å²) in [5, 5.41) is 15.5. The first kappa shape index (κ1) is 14.6. The molecule has 0 fully saturated rings. The number of nitrogens with one attached hydrogen (secondary N) is 1. The van der Waals surface area contributed by atoms with Crippen LogP contribution in [0.2, 0.25) is 0 Å². The molecule has 22 heavy (non-hydrogen) atoms. The zero-order chi connectivity index (χ0) is 15.7. The van der Waals surface area contributed by atoms with Gasteiger partial charge in [0.2, 0.25) is 5.88 Å². The number of aryl methyl sites for hydroxylation is 2. The first-order valence-electron chi connectivity index (χ1n) is 7.41. The lowest BCUT2D eigenvalue weighted by atomic mass is 10.1. The Morgan fingerprint density at radius 2 is 2.23 bits per heavy atom. The van der Waals surface area contributed by atoms with E-state index in [1.54, 1.807) is 20.2 Å². The molecule has 0 saturated carbocycles. The van der Waals surface area contributed by atoms with Gasteiger partial charge < -0.3 is 14.6 Å². The van der Waals surface area contributed by atoms with Gasteiger partial charge in [-0.3, -0.25) is 4.79 Å². The maximum absolute atomic E-state index is 12.3. The van der Waals surface area contributed by atoms with Gasteiger partial charge in [0, 0.05) is 26.1 Å². The fraction of sp³-hybridized carbons (Fsp3) is 0.571. The summed E-state index contributed by atoms with van der Waals surface area (Å²) < 4.78 is 8.75. The lowest BCUT2D eigenvalue weighted by Crippen LogP contribution is -2.29. The van der Waals surface area contributed by atoms with Crippen molar-refractivity contribution < 1.29 is 9.53 Å². The molecule has 0 radical (unpaired) electrons. The summed E-state index contributed by atoms with van der Waals surface area (Å²) in [6.07, 6.45) is 3.22. The van der Waals surface area contributed by atoms with E-state index in [9.17, 15) is 4.79 Å². The maximum Gasteiger partial charge on any atom is 0.272 e. The van der Waals surface area contributed by atoms with Crippen LogP contribution < -0.4 is 10.1 Å². The van der Waals surface area contributed by atoms with Gasteiger partial charge in [-0.1, -0.05) is 0 Å². The lowest BCUT2D eigenvalue weighted by Gasteiger charge is -2.18. The van der Waals surface area contributed by atoms with E-state index in [1.165, 1.54) is 4.68 Å². The molecule has 1 aliphatic heterocycles. The van der Waals surface area contributed by atoms with Crippen LogP contribution >= 0.6 is 0 Å². The van der Waals surface area contributed by atoms with Crippen LogP contribution in [0.1, 0.15) is 47.9 Å². The van der Waals surface area contributed by atoms with E-state index >= 15 is 0 Å². The van der Waals surface area contributed by atoms with Crippen LogP contribution in [0.25, 0.3) is 0 Å². The van der Waals surface area contributed by atoms with Crippen LogP contribution in [0.5, 0.6) is 5.88 Å². The minimum atomic E-state index is -0.250. The molecule has 1 atom stereocenters. The Kier molecular flexibility index (Phi) is 3.82. The minimum absolute atomic E-state index is 0.222. The van der Waals surface area contributed by atoms with Gasteiger partial charge in [-0.15, -0.1) is 10.2 Å². The van der Waals surface area contributed by atoms with Gasteiger partial charge >= 0.3 is 0 Å². The summed E-state index contributed by atoms with van der Waals surface area (Å²) >= 11 is 0. The van der Waals surface area contributed by atoms with Gasteiger partial charge in [0.15, 0.2) is 11.5 Å². The fourth-order valence-electron chi connectivity index (χ4n) is 2.74. The minimum Gasteiger partial charge on any atom is -0.481 e. The van der Waals surface area contributed by atoms with Crippen molar-refractivity contribution in [2.45, 2.75) is 38.8 Å². The standard InChI is InChI=1S/C14H20N6O2/c1-9(13-17-16-11-6-4-5-7-20(11)13)15-14(21)10-8-12(22-3)19(2)18-10/h8-9H,4-7H2,1-3H3,(H,15,21). The number of carbonyl (C=O) groups excluding carboxylic acids is 1. The first-order chi connectivity index (χ1) is 10.6. The molecule has 118 valence electrons. The van der Waals surface area contributed by atoms with Crippen LogP contribution in [-0.4, -0.2) is 37.6 Å². The molecular formula is C14H20N6O2. The number of amides is 1. The van der Waals surface area contributed by atoms with E-state index in [0.29, 0.717) is 11.6 Å². The van der Waals surface area contributed by atoms with Gasteiger partial charge in [0.25, 0.3) is 5.91 Å². The van der Waals surface area contributed by atoms with E-state index in [-0.39, 0.29) is 11.9 Å². The molecule has 0 spiro atoms. The molecule has 0 saturated heterocycles. The molecule has 3 heterocycles. The molecular weight excluding hydrogens is 284 g/mol. The topological polar surface area (TPSA) is 86.9 Å². The Bertz CT molecular complexity index is 690. The van der Waals surface area contributed by atoms with Gasteiger partial charge in [0.05, 0.1) is 13.2 Å². The summed E-state index contributed by atoms with van der Waals surface area (Å²) in [5.74, 6) is 2.09. The number of nitrogens with zero attached hydrogens (tertiary/aromatic N) is 5. The number of methoxy groups -OCH3 is 1. The van der Waals surface area contributed by atoms with E-state index in [0.717, 1.165) is 37.5 Å². The number of hydrogen-bond donors (Lipinski definition) is 1. The van der Waals surface area contributed by atoms with Gasteiger partial charge in [-0.05, 0) is 19.8 Å². The van der Waals surface area contributed by atoms with Crippen LogP contribution in [0, 0.1) is 0 Å². The van der Waals surface area contributed by atoms with Crippen LogP contribution in [-0.2, 0) is 20.0 Å². The van der Waals surface area contributed by atoms with Crippen molar-refractivity contribution in [3.63, 3.8) is 0 Å².